The topological polar surface area (TPSA) is 65.4 Å². The van der Waals surface area contributed by atoms with E-state index >= 15 is 0 Å². The third-order valence-corrected chi connectivity index (χ3v) is 3.52. The molecule has 0 saturated carbocycles. The van der Waals surface area contributed by atoms with Crippen LogP contribution >= 0.6 is 0 Å². The fraction of sp³-hybridized carbons (Fsp3) is 0.375. The van der Waals surface area contributed by atoms with E-state index in [0.29, 0.717) is 23.7 Å². The molecule has 0 fully saturated rings. The van der Waals surface area contributed by atoms with Crippen LogP contribution in [0.2, 0.25) is 0 Å². The number of ether oxygens (including phenoxy) is 2. The van der Waals surface area contributed by atoms with E-state index in [1.165, 1.54) is 18.2 Å². The Kier molecular flexibility index (Phi) is 4.82. The minimum absolute atomic E-state index is 0.0564. The Bertz CT molecular complexity index is 735. The normalized spacial score (nSPS) is 13.7. The molecule has 9 heteroatoms. The van der Waals surface area contributed by atoms with Crippen LogP contribution in [0.1, 0.15) is 17.7 Å². The van der Waals surface area contributed by atoms with Gasteiger partial charge in [0, 0.05) is 19.0 Å². The van der Waals surface area contributed by atoms with Crippen LogP contribution in [0.25, 0.3) is 0 Å². The molecule has 1 aliphatic heterocycles. The van der Waals surface area contributed by atoms with Gasteiger partial charge in [0.2, 0.25) is 11.8 Å². The Balaban J connectivity index is 1.54. The predicted octanol–water partition coefficient (Wildman–Crippen LogP) is 2.42. The van der Waals surface area contributed by atoms with E-state index in [1.807, 2.05) is 0 Å². The Morgan fingerprint density at radius 3 is 2.96 bits per heavy atom. The van der Waals surface area contributed by atoms with Gasteiger partial charge < -0.3 is 14.8 Å². The van der Waals surface area contributed by atoms with E-state index in [9.17, 15) is 18.0 Å². The molecular formula is C16H16F3N3O3. The average Bonchev–Trinajstić information content (AvgIpc) is 2.94. The van der Waals surface area contributed by atoms with Gasteiger partial charge in [-0.3, -0.25) is 4.79 Å². The van der Waals surface area contributed by atoms with Gasteiger partial charge in [-0.05, 0) is 17.7 Å². The summed E-state index contributed by atoms with van der Waals surface area (Å²) in [5.74, 6) is 0.000254. The molecule has 0 radical (unpaired) electrons. The highest BCUT2D eigenvalue weighted by Gasteiger charge is 2.31. The molecule has 0 aliphatic carbocycles. The second-order valence-corrected chi connectivity index (χ2v) is 5.55. The van der Waals surface area contributed by atoms with Gasteiger partial charge in [-0.25, -0.2) is 4.68 Å². The Labute approximate surface area is 141 Å². The van der Waals surface area contributed by atoms with Crippen molar-refractivity contribution < 1.29 is 27.4 Å². The van der Waals surface area contributed by atoms with E-state index in [-0.39, 0.29) is 24.6 Å². The minimum Gasteiger partial charge on any atom is -0.478 e. The first-order chi connectivity index (χ1) is 11.9. The van der Waals surface area contributed by atoms with Gasteiger partial charge >= 0.3 is 6.36 Å². The lowest BCUT2D eigenvalue weighted by Gasteiger charge is -2.13. The molecule has 2 aromatic rings. The van der Waals surface area contributed by atoms with Gasteiger partial charge in [-0.2, -0.15) is 5.10 Å². The number of rotatable bonds is 5. The van der Waals surface area contributed by atoms with Gasteiger partial charge in [0.25, 0.3) is 0 Å². The summed E-state index contributed by atoms with van der Waals surface area (Å²) in [6.45, 7) is 1.64. The van der Waals surface area contributed by atoms with Crippen LogP contribution in [-0.4, -0.2) is 28.7 Å². The number of amides is 1. The standard InChI is InChI=1S/C16H16F3N3O3/c17-16(18,19)25-13-4-1-3-11(7-13)8-14(23)20-10-12-9-15-22(21-12)5-2-6-24-15/h1,3-4,7,9H,2,5-6,8,10H2,(H,20,23). The van der Waals surface area contributed by atoms with Gasteiger partial charge in [0.1, 0.15) is 5.75 Å². The van der Waals surface area contributed by atoms with Crippen LogP contribution in [0, 0.1) is 0 Å². The SMILES string of the molecule is O=C(Cc1cccc(OC(F)(F)F)c1)NCc1cc2n(n1)CCCO2. The molecule has 3 rings (SSSR count). The van der Waals surface area contributed by atoms with E-state index < -0.39 is 6.36 Å². The first-order valence-corrected chi connectivity index (χ1v) is 7.70. The number of nitrogens with one attached hydrogen (secondary N) is 1. The van der Waals surface area contributed by atoms with Crippen molar-refractivity contribution in [3.63, 3.8) is 0 Å². The lowest BCUT2D eigenvalue weighted by Crippen LogP contribution is -2.25. The summed E-state index contributed by atoms with van der Waals surface area (Å²) in [6, 6.07) is 7.11. The molecule has 1 aliphatic rings. The molecule has 2 heterocycles. The van der Waals surface area contributed by atoms with Crippen molar-refractivity contribution in [3.8, 4) is 11.6 Å². The average molecular weight is 355 g/mol. The number of halogens is 3. The number of nitrogens with zero attached hydrogens (tertiary/aromatic N) is 2. The molecule has 1 aromatic carbocycles. The Morgan fingerprint density at radius 1 is 1.36 bits per heavy atom. The number of carbonyl (C=O) groups is 1. The van der Waals surface area contributed by atoms with Gasteiger partial charge in [0.05, 0.1) is 25.3 Å². The second kappa shape index (κ2) is 7.04. The molecule has 0 spiro atoms. The van der Waals surface area contributed by atoms with Crippen molar-refractivity contribution in [3.05, 3.63) is 41.6 Å². The summed E-state index contributed by atoms with van der Waals surface area (Å²) in [5, 5.41) is 7.01. The fourth-order valence-corrected chi connectivity index (χ4v) is 2.49. The maximum absolute atomic E-state index is 12.2. The molecule has 25 heavy (non-hydrogen) atoms. The zero-order chi connectivity index (χ0) is 17.9. The van der Waals surface area contributed by atoms with E-state index in [4.69, 9.17) is 4.74 Å². The first kappa shape index (κ1) is 17.1. The summed E-state index contributed by atoms with van der Waals surface area (Å²) in [6.07, 6.45) is -3.93. The smallest absolute Gasteiger partial charge is 0.478 e. The van der Waals surface area contributed by atoms with Crippen molar-refractivity contribution in [1.29, 1.82) is 0 Å². The molecule has 1 aromatic heterocycles. The lowest BCUT2D eigenvalue weighted by molar-refractivity contribution is -0.274. The number of fused-ring (bicyclic) bond motifs is 1. The Hall–Kier alpha value is -2.71. The van der Waals surface area contributed by atoms with Crippen LogP contribution in [-0.2, 0) is 24.3 Å². The van der Waals surface area contributed by atoms with E-state index in [1.54, 1.807) is 16.8 Å². The van der Waals surface area contributed by atoms with Crippen LogP contribution in [0.3, 0.4) is 0 Å². The summed E-state index contributed by atoms with van der Waals surface area (Å²) in [5.41, 5.74) is 1.09. The maximum atomic E-state index is 12.2. The zero-order valence-electron chi connectivity index (χ0n) is 13.2. The molecule has 6 nitrogen and oxygen atoms in total. The maximum Gasteiger partial charge on any atom is 0.573 e. The monoisotopic (exact) mass is 355 g/mol. The highest BCUT2D eigenvalue weighted by atomic mass is 19.4. The zero-order valence-corrected chi connectivity index (χ0v) is 13.2. The second-order valence-electron chi connectivity index (χ2n) is 5.55. The summed E-state index contributed by atoms with van der Waals surface area (Å²) in [4.78, 5) is 12.0. The fourth-order valence-electron chi connectivity index (χ4n) is 2.49. The van der Waals surface area contributed by atoms with Crippen LogP contribution < -0.4 is 14.8 Å². The summed E-state index contributed by atoms with van der Waals surface area (Å²) in [7, 11) is 0. The largest absolute Gasteiger partial charge is 0.573 e. The third-order valence-electron chi connectivity index (χ3n) is 3.52. The van der Waals surface area contributed by atoms with Gasteiger partial charge in [-0.15, -0.1) is 13.2 Å². The van der Waals surface area contributed by atoms with Crippen LogP contribution in [0.4, 0.5) is 13.2 Å². The number of aromatic nitrogens is 2. The molecule has 0 atom stereocenters. The van der Waals surface area contributed by atoms with Crippen molar-refractivity contribution in [2.24, 2.45) is 0 Å². The number of hydrogen-bond acceptors (Lipinski definition) is 4. The molecule has 0 bridgehead atoms. The Morgan fingerprint density at radius 2 is 2.20 bits per heavy atom. The number of benzene rings is 1. The molecular weight excluding hydrogens is 339 g/mol. The van der Waals surface area contributed by atoms with E-state index in [0.717, 1.165) is 13.0 Å². The molecule has 0 saturated heterocycles. The number of hydrogen-bond donors (Lipinski definition) is 1. The van der Waals surface area contributed by atoms with Gasteiger partial charge in [-0.1, -0.05) is 12.1 Å². The van der Waals surface area contributed by atoms with Gasteiger partial charge in [0.15, 0.2) is 0 Å². The minimum atomic E-state index is -4.76. The highest BCUT2D eigenvalue weighted by Crippen LogP contribution is 2.23. The quantitative estimate of drug-likeness (QED) is 0.895. The van der Waals surface area contributed by atoms with Crippen molar-refractivity contribution in [2.45, 2.75) is 32.3 Å². The molecule has 1 amide bonds. The van der Waals surface area contributed by atoms with E-state index in [2.05, 4.69) is 15.2 Å². The van der Waals surface area contributed by atoms with Crippen molar-refractivity contribution >= 4 is 5.91 Å². The third kappa shape index (κ3) is 4.88. The lowest BCUT2D eigenvalue weighted by atomic mass is 10.1. The molecule has 1 N–H and O–H groups in total. The summed E-state index contributed by atoms with van der Waals surface area (Å²) < 4.78 is 47.7. The molecule has 134 valence electrons. The van der Waals surface area contributed by atoms with Crippen LogP contribution in [0.5, 0.6) is 11.6 Å². The number of alkyl halides is 3. The predicted molar refractivity (Wildman–Crippen MR) is 81.0 cm³/mol. The van der Waals surface area contributed by atoms with Crippen LogP contribution in [0.15, 0.2) is 30.3 Å². The summed E-state index contributed by atoms with van der Waals surface area (Å²) >= 11 is 0. The number of carbonyl (C=O) groups excluding carboxylic acids is 1. The highest BCUT2D eigenvalue weighted by molar-refractivity contribution is 5.78. The first-order valence-electron chi connectivity index (χ1n) is 7.70. The van der Waals surface area contributed by atoms with Crippen molar-refractivity contribution in [1.82, 2.24) is 15.1 Å². The number of aryl methyl sites for hydroxylation is 1. The molecule has 0 unspecified atom stereocenters. The van der Waals surface area contributed by atoms with Crippen molar-refractivity contribution in [2.75, 3.05) is 6.61 Å².